The second-order valence-corrected chi connectivity index (χ2v) is 44.1. The molecule has 2 aromatic carbocycles. The van der Waals surface area contributed by atoms with Gasteiger partial charge in [-0.3, -0.25) is 38.4 Å². The molecule has 4 atom stereocenters. The SMILES string of the molecule is CCC(C)(C)C(=O)NC(C)(C)CS(=O)(=O)[O-].CCC(C)(C)C(=O)OC(F)(F)C(F)(F)S(=O)(=O)[O-].CCC(C)(C)C(=O)OCCC(=O)OC(C(F)(F)F)C(F)(F)S(=O)(=O)[O-].CCC(C)(C)C(=O)OCCOC(=O)C(F)(C(F)(F)F)S(=O)(=O)[O-].CCC(C)(C)C(=O)OCCOC(C(F)(F)F)C(F)(F)S(=O)(=O)[O-].CCC(C)(C)C(=O)Oc1c(F)c(F)c(S(=O)(=O)[O-])c(F)c1F.CCC(C)C(=O)Oc1c(F)c(F)c(S(=O)(=O)[O-])c(F)c1F. The second-order valence-electron chi connectivity index (χ2n) is 34.3. The predicted octanol–water partition coefficient (Wildman–Crippen LogP) is 12.4. The number of halogens is 26. The fourth-order valence-corrected chi connectivity index (χ4v) is 11.7. The molecule has 4 unspecified atom stereocenters. The molecule has 1 N–H and O–H groups in total. The molecule has 40 nitrogen and oxygen atoms in total. The smallest absolute Gasteiger partial charge is 0.481 e. The highest BCUT2D eigenvalue weighted by atomic mass is 32.2. The molecule has 0 aliphatic rings. The van der Waals surface area contributed by atoms with Gasteiger partial charge in [0.15, 0.2) is 63.7 Å². The third-order valence-corrected chi connectivity index (χ3v) is 26.1. The largest absolute Gasteiger partial charge is 0.748 e. The average Bonchev–Trinajstić information content (AvgIpc) is 0.749. The van der Waals surface area contributed by atoms with Crippen LogP contribution in [0, 0.1) is 84.9 Å². The monoisotopic (exact) mass is 2350 g/mol. The number of rotatable bonds is 41. The molecule has 868 valence electrons. The highest BCUT2D eigenvalue weighted by Crippen LogP contribution is 2.45. The Morgan fingerprint density at radius 3 is 0.899 bits per heavy atom. The number of hydrogen-bond acceptors (Lipinski definition) is 39. The molecule has 0 spiro atoms. The lowest BCUT2D eigenvalue weighted by molar-refractivity contribution is -0.306. The summed E-state index contributed by atoms with van der Waals surface area (Å²) in [6.07, 6.45) is -31.4. The van der Waals surface area contributed by atoms with E-state index in [1.165, 1.54) is 83.1 Å². The van der Waals surface area contributed by atoms with Crippen LogP contribution in [-0.4, -0.2) is 246 Å². The van der Waals surface area contributed by atoms with Crippen LogP contribution in [0.4, 0.5) is 114 Å². The number of amides is 1. The average molecular weight is 2360 g/mol. The van der Waals surface area contributed by atoms with Crippen molar-refractivity contribution in [3.05, 3.63) is 46.5 Å². The van der Waals surface area contributed by atoms with E-state index in [0.717, 1.165) is 13.8 Å². The Morgan fingerprint density at radius 2 is 0.628 bits per heavy atom. The van der Waals surface area contributed by atoms with Crippen molar-refractivity contribution in [2.45, 2.75) is 277 Å². The summed E-state index contributed by atoms with van der Waals surface area (Å²) < 4.78 is 592. The van der Waals surface area contributed by atoms with Crippen molar-refractivity contribution in [1.29, 1.82) is 0 Å². The fourth-order valence-electron chi connectivity index (χ4n) is 7.69. The van der Waals surface area contributed by atoms with Gasteiger partial charge in [0.1, 0.15) is 56.5 Å². The van der Waals surface area contributed by atoms with Gasteiger partial charge in [-0.1, -0.05) is 69.2 Å². The third kappa shape index (κ3) is 43.0. The lowest BCUT2D eigenvalue weighted by Gasteiger charge is -2.32. The summed E-state index contributed by atoms with van der Waals surface area (Å²) in [6.45, 7) is 28.7. The van der Waals surface area contributed by atoms with Crippen molar-refractivity contribution in [3.8, 4) is 11.5 Å². The van der Waals surface area contributed by atoms with Crippen LogP contribution in [0.5, 0.6) is 11.5 Å². The molecule has 0 saturated heterocycles. The fraction of sp³-hybridized carbons (Fsp3) is 0.720. The molecule has 0 heterocycles. The van der Waals surface area contributed by atoms with Crippen molar-refractivity contribution in [1.82, 2.24) is 5.32 Å². The number of ether oxygens (including phenoxy) is 9. The van der Waals surface area contributed by atoms with Crippen LogP contribution in [0.15, 0.2) is 9.79 Å². The zero-order valence-electron chi connectivity index (χ0n) is 80.7. The number of alkyl halides is 18. The standard InChI is InChI=1S/C12H17F5O7S.C12H12F4O5S.C11H17F5O6S.C11H16F4O7S.C11H10F4O5S.C10H21NO4S.C8H12F4O5S/c1-4-10(2,3)9(19)23-6-5-7(18)24-8(11(13,14)15)12(16,17)25(20,21)22;1-4-12(2,3)11(17)21-9-5(13)7(15)10(22(18,19)20)8(16)6(9)14;1-4-9(2,3)8(17)22-6-5-21-7(10(12,13)14)11(15,16)23(18,19)20;1-4-9(2,3)7(16)21-5-6-22-8(17)10(12,11(13,14)15)23(18,19)20;1-3-4(2)11(16)20-9-5(12)7(14)10(21(17,18)19)8(15)6(9)13;1-6-9(2,3)8(12)11-10(4,5)7-16(13,14)15;1-4-6(2,3)5(13)17-7(9,10)8(11,12)18(14,15)16/h8H,4-6H2,1-3H3,(H,20,21,22);4H2,1-3H3,(H,18,19,20);7H,4-6H2,1-3H3,(H,18,19,20);4-6H2,1-3H3,(H,18,19,20);4H,3H2,1-2H3,(H,17,18,19);6-7H2,1-5H3,(H,11,12)(H,13,14,15);4H2,1-3H3,(H,14,15,16)/p-7. The van der Waals surface area contributed by atoms with Gasteiger partial charge >= 0.3 is 93.2 Å². The van der Waals surface area contributed by atoms with Crippen LogP contribution in [0.2, 0.25) is 0 Å². The maximum Gasteiger partial charge on any atom is 0.481 e. The number of hydrogen-bond donors (Lipinski definition) is 1. The summed E-state index contributed by atoms with van der Waals surface area (Å²) in [6, 6.07) is 0. The normalized spacial score (nSPS) is 14.2. The van der Waals surface area contributed by atoms with Gasteiger partial charge in [0.25, 0.3) is 6.10 Å². The van der Waals surface area contributed by atoms with Crippen molar-refractivity contribution in [2.24, 2.45) is 38.4 Å². The summed E-state index contributed by atoms with van der Waals surface area (Å²) in [5.41, 5.74) is -7.12. The molecule has 0 aromatic heterocycles. The first-order valence-electron chi connectivity index (χ1n) is 40.4. The first kappa shape index (κ1) is 148. The summed E-state index contributed by atoms with van der Waals surface area (Å²) in [5, 5.41) is -20.8. The van der Waals surface area contributed by atoms with Crippen LogP contribution in [0.1, 0.15) is 204 Å². The number of benzene rings is 2. The van der Waals surface area contributed by atoms with E-state index in [1.807, 2.05) is 6.92 Å². The van der Waals surface area contributed by atoms with Crippen molar-refractivity contribution >= 4 is 124 Å². The van der Waals surface area contributed by atoms with Gasteiger partial charge in [-0.15, -0.1) is 0 Å². The van der Waals surface area contributed by atoms with Gasteiger partial charge in [0.2, 0.25) is 46.8 Å². The van der Waals surface area contributed by atoms with Crippen molar-refractivity contribution < 1.29 is 291 Å². The van der Waals surface area contributed by atoms with E-state index in [9.17, 15) is 248 Å². The van der Waals surface area contributed by atoms with E-state index < -0.39 is 333 Å². The Kier molecular flexibility index (Phi) is 54.0. The Morgan fingerprint density at radius 1 is 0.345 bits per heavy atom. The third-order valence-electron chi connectivity index (χ3n) is 19.6. The maximum absolute atomic E-state index is 13.6. The molecule has 0 bridgehead atoms. The molecule has 0 aliphatic carbocycles. The van der Waals surface area contributed by atoms with Crippen LogP contribution < -0.4 is 14.8 Å². The quantitative estimate of drug-likeness (QED) is 0.0123. The number of nitrogens with one attached hydrogen (secondary N) is 1. The minimum absolute atomic E-state index is 0.0163. The van der Waals surface area contributed by atoms with Gasteiger partial charge in [-0.25, -0.2) is 85.7 Å². The zero-order valence-corrected chi connectivity index (χ0v) is 86.5. The molecular formula is C75H98F26NO39S7-7. The summed E-state index contributed by atoms with van der Waals surface area (Å²) >= 11 is 0. The van der Waals surface area contributed by atoms with E-state index in [-0.39, 0.29) is 25.2 Å². The number of carbonyl (C=O) groups is 9. The lowest BCUT2D eigenvalue weighted by Crippen LogP contribution is -2.55. The highest BCUT2D eigenvalue weighted by molar-refractivity contribution is 7.88. The van der Waals surface area contributed by atoms with Crippen LogP contribution >= 0.6 is 0 Å². The van der Waals surface area contributed by atoms with Crippen LogP contribution in [0.25, 0.3) is 0 Å². The molecule has 148 heavy (non-hydrogen) atoms. The van der Waals surface area contributed by atoms with Crippen molar-refractivity contribution in [3.63, 3.8) is 0 Å². The minimum atomic E-state index is -6.75. The van der Waals surface area contributed by atoms with Gasteiger partial charge in [-0.2, -0.15) is 92.2 Å². The van der Waals surface area contributed by atoms with E-state index in [4.69, 9.17) is 0 Å². The van der Waals surface area contributed by atoms with Gasteiger partial charge < -0.3 is 79.8 Å². The van der Waals surface area contributed by atoms with Crippen molar-refractivity contribution in [2.75, 3.05) is 38.8 Å². The first-order valence-corrected chi connectivity index (χ1v) is 50.4. The molecule has 73 heteroatoms. The molecule has 0 radical (unpaired) electrons. The highest BCUT2D eigenvalue weighted by Gasteiger charge is 2.70. The summed E-state index contributed by atoms with van der Waals surface area (Å²) in [7, 11) is -42.7. The number of esters is 8. The summed E-state index contributed by atoms with van der Waals surface area (Å²) in [4.78, 5) is 98.2. The Hall–Kier alpha value is -8.82. The van der Waals surface area contributed by atoms with Crippen LogP contribution in [0.3, 0.4) is 0 Å². The Labute approximate surface area is 828 Å². The predicted molar refractivity (Wildman–Crippen MR) is 435 cm³/mol. The minimum Gasteiger partial charge on any atom is -0.748 e. The number of carbonyl (C=O) groups excluding carboxylic acids is 9. The van der Waals surface area contributed by atoms with E-state index >= 15 is 0 Å². The molecule has 0 saturated carbocycles. The lowest BCUT2D eigenvalue weighted by atomic mass is 9.88. The van der Waals surface area contributed by atoms with Gasteiger partial charge in [-0.05, 0) is 128 Å². The van der Waals surface area contributed by atoms with Gasteiger partial charge in [0, 0.05) is 11.0 Å². The van der Waals surface area contributed by atoms with Crippen LogP contribution in [-0.2, 0) is 147 Å². The topological polar surface area (TPSA) is 649 Å². The molecule has 1 amide bonds. The molecular weight excluding hydrogens is 2260 g/mol. The van der Waals surface area contributed by atoms with E-state index in [1.54, 1.807) is 48.5 Å². The van der Waals surface area contributed by atoms with E-state index in [0.29, 0.717) is 25.7 Å². The van der Waals surface area contributed by atoms with Gasteiger partial charge in [0.05, 0.1) is 61.9 Å². The maximum atomic E-state index is 13.6. The first-order chi connectivity index (χ1) is 65.1. The Bertz CT molecular complexity index is 5760. The molecule has 0 fully saturated rings. The zero-order chi connectivity index (χ0) is 120. The molecule has 2 rings (SSSR count). The second kappa shape index (κ2) is 54.1. The molecule has 0 aliphatic heterocycles. The molecule has 2 aromatic rings. The summed E-state index contributed by atoms with van der Waals surface area (Å²) in [5.74, 6) is -35.4. The van der Waals surface area contributed by atoms with E-state index in [2.05, 4.69) is 47.9 Å². The Balaban J connectivity index is -0.000000539.